The zero-order valence-electron chi connectivity index (χ0n) is 13.4. The minimum atomic E-state index is -0.241. The largest absolute Gasteiger partial charge is 0.316 e. The van der Waals surface area contributed by atoms with Crippen molar-refractivity contribution in [2.45, 2.75) is 72.0 Å². The summed E-state index contributed by atoms with van der Waals surface area (Å²) in [5.41, 5.74) is -0.169. The fourth-order valence-electron chi connectivity index (χ4n) is 3.85. The first kappa shape index (κ1) is 15.0. The molecule has 2 heterocycles. The van der Waals surface area contributed by atoms with Crippen LogP contribution < -0.4 is 5.32 Å². The number of nitrogens with one attached hydrogen (secondary N) is 1. The van der Waals surface area contributed by atoms with E-state index in [1.807, 2.05) is 0 Å². The van der Waals surface area contributed by atoms with Crippen LogP contribution in [-0.2, 0) is 4.79 Å². The zero-order chi connectivity index (χ0) is 14.4. The molecule has 0 spiro atoms. The number of hydrogen-bond acceptors (Lipinski definition) is 3. The molecule has 0 aromatic rings. The summed E-state index contributed by atoms with van der Waals surface area (Å²) in [6.45, 7) is 15.1. The molecule has 3 nitrogen and oxygen atoms in total. The van der Waals surface area contributed by atoms with E-state index in [0.29, 0.717) is 17.7 Å². The van der Waals surface area contributed by atoms with E-state index < -0.39 is 0 Å². The molecule has 19 heavy (non-hydrogen) atoms. The van der Waals surface area contributed by atoms with Gasteiger partial charge >= 0.3 is 0 Å². The highest BCUT2D eigenvalue weighted by molar-refractivity contribution is 5.89. The van der Waals surface area contributed by atoms with Gasteiger partial charge in [-0.25, -0.2) is 0 Å². The third-order valence-electron chi connectivity index (χ3n) is 4.60. The van der Waals surface area contributed by atoms with Crippen molar-refractivity contribution in [1.82, 2.24) is 10.2 Å². The molecule has 3 atom stereocenters. The van der Waals surface area contributed by atoms with Gasteiger partial charge in [-0.1, -0.05) is 20.8 Å². The lowest BCUT2D eigenvalue weighted by Crippen LogP contribution is -2.55. The predicted molar refractivity (Wildman–Crippen MR) is 79.2 cm³/mol. The summed E-state index contributed by atoms with van der Waals surface area (Å²) in [5, 5.41) is 3.49. The molecule has 0 aromatic heterocycles. The highest BCUT2D eigenvalue weighted by Crippen LogP contribution is 2.40. The molecule has 2 aliphatic rings. The number of ketones is 1. The number of piperidine rings is 1. The maximum atomic E-state index is 12.8. The number of likely N-dealkylation sites (tertiary alicyclic amines) is 1. The van der Waals surface area contributed by atoms with Gasteiger partial charge in [0.15, 0.2) is 5.78 Å². The van der Waals surface area contributed by atoms with Gasteiger partial charge in [0.2, 0.25) is 0 Å². The number of rotatable bonds is 1. The van der Waals surface area contributed by atoms with Crippen molar-refractivity contribution in [1.29, 1.82) is 0 Å². The molecule has 3 heteroatoms. The molecule has 2 rings (SSSR count). The fraction of sp³-hybridized carbons (Fsp3) is 0.938. The van der Waals surface area contributed by atoms with E-state index in [0.717, 1.165) is 19.5 Å². The summed E-state index contributed by atoms with van der Waals surface area (Å²) in [6, 6.07) is 0.687. The molecule has 0 aromatic carbocycles. The number of hydrogen-bond donors (Lipinski definition) is 1. The van der Waals surface area contributed by atoms with Gasteiger partial charge in [-0.15, -0.1) is 0 Å². The summed E-state index contributed by atoms with van der Waals surface area (Å²) in [6.07, 6.45) is 2.21. The Hall–Kier alpha value is -0.410. The molecule has 2 saturated heterocycles. The average molecular weight is 266 g/mol. The number of fused-ring (bicyclic) bond motifs is 1. The SMILES string of the molecule is CC(C)(C)C(=O)C1CC2CNCCC2N1C(C)(C)C. The predicted octanol–water partition coefficient (Wildman–Crippen LogP) is 2.45. The second-order valence-electron chi connectivity index (χ2n) is 8.26. The maximum absolute atomic E-state index is 12.8. The van der Waals surface area contributed by atoms with Gasteiger partial charge in [0, 0.05) is 17.0 Å². The number of carbonyl (C=O) groups is 1. The summed E-state index contributed by atoms with van der Waals surface area (Å²) < 4.78 is 0. The quantitative estimate of drug-likeness (QED) is 0.791. The Labute approximate surface area is 118 Å². The molecule has 2 aliphatic heterocycles. The van der Waals surface area contributed by atoms with Gasteiger partial charge in [0.25, 0.3) is 0 Å². The van der Waals surface area contributed by atoms with Crippen molar-refractivity contribution in [2.75, 3.05) is 13.1 Å². The molecule has 0 amide bonds. The molecule has 0 radical (unpaired) electrons. The Morgan fingerprint density at radius 2 is 1.79 bits per heavy atom. The van der Waals surface area contributed by atoms with Gasteiger partial charge < -0.3 is 5.32 Å². The van der Waals surface area contributed by atoms with Crippen LogP contribution in [0.5, 0.6) is 0 Å². The van der Waals surface area contributed by atoms with E-state index in [1.54, 1.807) is 0 Å². The Kier molecular flexibility index (Phi) is 3.83. The zero-order valence-corrected chi connectivity index (χ0v) is 13.4. The molecular formula is C16H30N2O. The van der Waals surface area contributed by atoms with Crippen LogP contribution in [0.15, 0.2) is 0 Å². The lowest BCUT2D eigenvalue weighted by molar-refractivity contribution is -0.133. The van der Waals surface area contributed by atoms with Crippen molar-refractivity contribution in [3.8, 4) is 0 Å². The van der Waals surface area contributed by atoms with E-state index in [2.05, 4.69) is 51.8 Å². The van der Waals surface area contributed by atoms with Crippen LogP contribution in [0.2, 0.25) is 0 Å². The number of nitrogens with zero attached hydrogens (tertiary/aromatic N) is 1. The highest BCUT2D eigenvalue weighted by atomic mass is 16.1. The van der Waals surface area contributed by atoms with Crippen LogP contribution >= 0.6 is 0 Å². The lowest BCUT2D eigenvalue weighted by atomic mass is 9.84. The van der Waals surface area contributed by atoms with Crippen LogP contribution in [0.1, 0.15) is 54.4 Å². The fourth-order valence-corrected chi connectivity index (χ4v) is 3.85. The Balaban J connectivity index is 2.29. The number of Topliss-reactive ketones (excluding diaryl/α,β-unsaturated/α-hetero) is 1. The summed E-state index contributed by atoms with van der Waals surface area (Å²) in [7, 11) is 0. The highest BCUT2D eigenvalue weighted by Gasteiger charge is 2.50. The van der Waals surface area contributed by atoms with E-state index in [9.17, 15) is 4.79 Å². The molecule has 0 saturated carbocycles. The smallest absolute Gasteiger partial charge is 0.155 e. The molecule has 1 N–H and O–H groups in total. The van der Waals surface area contributed by atoms with E-state index >= 15 is 0 Å². The maximum Gasteiger partial charge on any atom is 0.155 e. The van der Waals surface area contributed by atoms with Crippen molar-refractivity contribution in [3.63, 3.8) is 0 Å². The Bertz CT molecular complexity index is 351. The normalized spacial score (nSPS) is 33.3. The minimum absolute atomic E-state index is 0.0718. The minimum Gasteiger partial charge on any atom is -0.316 e. The van der Waals surface area contributed by atoms with Crippen LogP contribution in [0, 0.1) is 11.3 Å². The number of carbonyl (C=O) groups excluding carboxylic acids is 1. The van der Waals surface area contributed by atoms with Crippen LogP contribution in [0.25, 0.3) is 0 Å². The summed E-state index contributed by atoms with van der Waals surface area (Å²) in [4.78, 5) is 15.3. The van der Waals surface area contributed by atoms with Crippen molar-refractivity contribution < 1.29 is 4.79 Å². The molecular weight excluding hydrogens is 236 g/mol. The Morgan fingerprint density at radius 3 is 2.32 bits per heavy atom. The van der Waals surface area contributed by atoms with Gasteiger partial charge in [-0.2, -0.15) is 0 Å². The molecule has 0 bridgehead atoms. The average Bonchev–Trinajstić information content (AvgIpc) is 2.64. The summed E-state index contributed by atoms with van der Waals surface area (Å²) in [5.74, 6) is 1.06. The van der Waals surface area contributed by atoms with E-state index in [-0.39, 0.29) is 17.0 Å². The first-order valence-corrected chi connectivity index (χ1v) is 7.66. The van der Waals surface area contributed by atoms with E-state index in [4.69, 9.17) is 0 Å². The Morgan fingerprint density at radius 1 is 1.16 bits per heavy atom. The van der Waals surface area contributed by atoms with Crippen LogP contribution in [-0.4, -0.2) is 41.4 Å². The topological polar surface area (TPSA) is 32.3 Å². The molecule has 2 fully saturated rings. The summed E-state index contributed by atoms with van der Waals surface area (Å²) >= 11 is 0. The molecule has 0 aliphatic carbocycles. The second-order valence-corrected chi connectivity index (χ2v) is 8.26. The molecule has 110 valence electrons. The van der Waals surface area contributed by atoms with Gasteiger partial charge in [0.05, 0.1) is 6.04 Å². The first-order valence-electron chi connectivity index (χ1n) is 7.66. The van der Waals surface area contributed by atoms with Crippen molar-refractivity contribution in [3.05, 3.63) is 0 Å². The molecule has 3 unspecified atom stereocenters. The van der Waals surface area contributed by atoms with Gasteiger partial charge in [-0.3, -0.25) is 9.69 Å². The first-order chi connectivity index (χ1) is 8.62. The third kappa shape index (κ3) is 2.87. The van der Waals surface area contributed by atoms with Gasteiger partial charge in [-0.05, 0) is 52.6 Å². The monoisotopic (exact) mass is 266 g/mol. The van der Waals surface area contributed by atoms with Crippen molar-refractivity contribution >= 4 is 5.78 Å². The second kappa shape index (κ2) is 4.85. The van der Waals surface area contributed by atoms with Crippen LogP contribution in [0.3, 0.4) is 0 Å². The third-order valence-corrected chi connectivity index (χ3v) is 4.60. The standard InChI is InChI=1S/C16H30N2O/c1-15(2,3)14(19)13-9-11-10-17-8-7-12(11)18(13)16(4,5)6/h11-13,17H,7-10H2,1-6H3. The van der Waals surface area contributed by atoms with E-state index in [1.165, 1.54) is 6.42 Å². The van der Waals surface area contributed by atoms with Crippen LogP contribution in [0.4, 0.5) is 0 Å². The lowest BCUT2D eigenvalue weighted by Gasteiger charge is -2.44. The van der Waals surface area contributed by atoms with Crippen molar-refractivity contribution in [2.24, 2.45) is 11.3 Å². The van der Waals surface area contributed by atoms with Gasteiger partial charge in [0.1, 0.15) is 0 Å².